The Morgan fingerprint density at radius 3 is 1.10 bits per heavy atom. The Labute approximate surface area is 275 Å². The number of carbonyl (C=O) groups is 2. The molecule has 0 fully saturated rings. The third kappa shape index (κ3) is 8.64. The first-order valence-corrected chi connectivity index (χ1v) is 16.0. The summed E-state index contributed by atoms with van der Waals surface area (Å²) in [5.74, 6) is 0. The Balaban J connectivity index is 1.30. The molecular formula is C27H18Br6N4O2. The summed E-state index contributed by atoms with van der Waals surface area (Å²) >= 11 is 20.7. The van der Waals surface area contributed by atoms with Crippen LogP contribution in [0.2, 0.25) is 0 Å². The van der Waals surface area contributed by atoms with Gasteiger partial charge >= 0.3 is 12.1 Å². The number of hydrogen-bond acceptors (Lipinski definition) is 2. The van der Waals surface area contributed by atoms with E-state index in [-0.39, 0.29) is 12.1 Å². The maximum absolute atomic E-state index is 12.5. The number of amides is 4. The predicted molar refractivity (Wildman–Crippen MR) is 180 cm³/mol. The summed E-state index contributed by atoms with van der Waals surface area (Å²) in [5, 5.41) is 11.4. The number of urea groups is 2. The van der Waals surface area contributed by atoms with E-state index < -0.39 is 0 Å². The van der Waals surface area contributed by atoms with Crippen LogP contribution in [0.5, 0.6) is 0 Å². The monoisotopic (exact) mass is 904 g/mol. The number of hydrogen-bond donors (Lipinski definition) is 4. The highest BCUT2D eigenvalue weighted by atomic mass is 79.9. The van der Waals surface area contributed by atoms with E-state index in [2.05, 4.69) is 117 Å². The van der Waals surface area contributed by atoms with Gasteiger partial charge in [0.1, 0.15) is 0 Å². The third-order valence-corrected chi connectivity index (χ3v) is 8.74. The molecule has 4 N–H and O–H groups in total. The van der Waals surface area contributed by atoms with Gasteiger partial charge in [0.25, 0.3) is 0 Å². The van der Waals surface area contributed by atoms with Crippen molar-refractivity contribution < 1.29 is 9.59 Å². The predicted octanol–water partition coefficient (Wildman–Crippen LogP) is 11.1. The summed E-state index contributed by atoms with van der Waals surface area (Å²) in [7, 11) is 0. The van der Waals surface area contributed by atoms with E-state index in [4.69, 9.17) is 0 Å². The van der Waals surface area contributed by atoms with Gasteiger partial charge in [-0.05, 0) is 130 Å². The lowest BCUT2D eigenvalue weighted by molar-refractivity contribution is 0.261. The van der Waals surface area contributed by atoms with E-state index in [9.17, 15) is 9.59 Å². The van der Waals surface area contributed by atoms with Crippen molar-refractivity contribution in [2.75, 3.05) is 21.3 Å². The second-order valence-electron chi connectivity index (χ2n) is 8.22. The van der Waals surface area contributed by atoms with Crippen LogP contribution in [0.1, 0.15) is 11.1 Å². The molecule has 0 saturated carbocycles. The van der Waals surface area contributed by atoms with E-state index in [0.717, 1.165) is 38.0 Å². The van der Waals surface area contributed by atoms with Crippen LogP contribution in [-0.2, 0) is 6.42 Å². The number of nitrogens with one attached hydrogen (secondary N) is 4. The lowest BCUT2D eigenvalue weighted by Crippen LogP contribution is -2.20. The summed E-state index contributed by atoms with van der Waals surface area (Å²) in [5.41, 5.74) is 4.80. The molecule has 0 spiro atoms. The van der Waals surface area contributed by atoms with Crippen LogP contribution >= 0.6 is 95.6 Å². The Kier molecular flexibility index (Phi) is 10.7. The van der Waals surface area contributed by atoms with Crippen molar-refractivity contribution in [1.82, 2.24) is 0 Å². The highest BCUT2D eigenvalue weighted by Crippen LogP contribution is 2.35. The summed E-state index contributed by atoms with van der Waals surface area (Å²) < 4.78 is 4.78. The zero-order valence-electron chi connectivity index (χ0n) is 19.7. The van der Waals surface area contributed by atoms with Crippen molar-refractivity contribution in [2.45, 2.75) is 6.42 Å². The first-order chi connectivity index (χ1) is 18.6. The van der Waals surface area contributed by atoms with Gasteiger partial charge < -0.3 is 21.3 Å². The summed E-state index contributed by atoms with van der Waals surface area (Å²) in [6.07, 6.45) is 0.705. The van der Waals surface area contributed by atoms with Crippen molar-refractivity contribution in [3.63, 3.8) is 0 Å². The normalized spacial score (nSPS) is 10.6. The first kappa shape index (κ1) is 30.3. The molecule has 39 heavy (non-hydrogen) atoms. The van der Waals surface area contributed by atoms with E-state index in [1.165, 1.54) is 0 Å². The van der Waals surface area contributed by atoms with Gasteiger partial charge in [0.05, 0.1) is 11.4 Å². The zero-order valence-corrected chi connectivity index (χ0v) is 29.2. The molecule has 0 aromatic heterocycles. The summed E-state index contributed by atoms with van der Waals surface area (Å²) in [4.78, 5) is 25.0. The largest absolute Gasteiger partial charge is 0.323 e. The molecular weight excluding hydrogens is 892 g/mol. The van der Waals surface area contributed by atoms with Crippen LogP contribution in [0.4, 0.5) is 32.3 Å². The van der Waals surface area contributed by atoms with Gasteiger partial charge in [0, 0.05) is 38.2 Å². The molecule has 0 aliphatic rings. The molecule has 4 amide bonds. The number of rotatable bonds is 6. The van der Waals surface area contributed by atoms with Gasteiger partial charge in [-0.15, -0.1) is 0 Å². The van der Waals surface area contributed by atoms with Crippen LogP contribution in [0.15, 0.2) is 99.6 Å². The topological polar surface area (TPSA) is 82.3 Å². The molecule has 200 valence electrons. The smallest absolute Gasteiger partial charge is 0.308 e. The lowest BCUT2D eigenvalue weighted by Gasteiger charge is -2.12. The fraction of sp³-hybridized carbons (Fsp3) is 0.0370. The van der Waals surface area contributed by atoms with Crippen LogP contribution in [-0.4, -0.2) is 12.1 Å². The van der Waals surface area contributed by atoms with Crippen molar-refractivity contribution in [2.24, 2.45) is 0 Å². The Bertz CT molecular complexity index is 1370. The number of anilines is 4. The number of carbonyl (C=O) groups excluding carboxylic acids is 2. The average Bonchev–Trinajstić information content (AvgIpc) is 2.86. The first-order valence-electron chi connectivity index (χ1n) is 11.2. The molecule has 4 rings (SSSR count). The molecule has 0 heterocycles. The molecule has 6 nitrogen and oxygen atoms in total. The minimum atomic E-state index is -0.349. The SMILES string of the molecule is O=C(Nc1ccc(Cc2ccc(NC(=O)Nc3c(Br)cc(Br)cc3Br)cc2)cc1)Nc1c(Br)cc(Br)cc1Br. The molecule has 0 aliphatic heterocycles. The van der Waals surface area contributed by atoms with Crippen LogP contribution < -0.4 is 21.3 Å². The Hall–Kier alpha value is -1.70. The van der Waals surface area contributed by atoms with Crippen molar-refractivity contribution >= 4 is 130 Å². The van der Waals surface area contributed by atoms with Crippen molar-refractivity contribution in [1.29, 1.82) is 0 Å². The second kappa shape index (κ2) is 13.8. The van der Waals surface area contributed by atoms with Gasteiger partial charge in [-0.1, -0.05) is 56.1 Å². The van der Waals surface area contributed by atoms with Crippen LogP contribution in [0.3, 0.4) is 0 Å². The van der Waals surface area contributed by atoms with Gasteiger partial charge in [-0.25, -0.2) is 9.59 Å². The third-order valence-electron chi connectivity index (χ3n) is 5.32. The van der Waals surface area contributed by atoms with Gasteiger partial charge in [0.15, 0.2) is 0 Å². The summed E-state index contributed by atoms with van der Waals surface area (Å²) in [6.45, 7) is 0. The van der Waals surface area contributed by atoms with E-state index in [1.54, 1.807) is 0 Å². The lowest BCUT2D eigenvalue weighted by atomic mass is 10.0. The zero-order chi connectivity index (χ0) is 28.1. The Morgan fingerprint density at radius 2 is 0.795 bits per heavy atom. The molecule has 4 aromatic rings. The van der Waals surface area contributed by atoms with Crippen LogP contribution in [0, 0.1) is 0 Å². The maximum Gasteiger partial charge on any atom is 0.323 e. The molecule has 0 atom stereocenters. The molecule has 12 heteroatoms. The van der Waals surface area contributed by atoms with E-state index >= 15 is 0 Å². The standard InChI is InChI=1S/C27H18Br6N4O2/c28-16-10-20(30)24(21(31)11-16)36-26(38)34-18-5-1-14(2-6-18)9-15-3-7-19(8-4-15)35-27(39)37-25-22(32)12-17(29)13-23(25)33/h1-8,10-13H,9H2,(H2,34,36,38)(H2,35,37,39). The molecule has 0 saturated heterocycles. The fourth-order valence-corrected chi connectivity index (χ4v) is 8.44. The minimum Gasteiger partial charge on any atom is -0.308 e. The van der Waals surface area contributed by atoms with E-state index in [0.29, 0.717) is 29.2 Å². The molecule has 0 radical (unpaired) electrons. The van der Waals surface area contributed by atoms with Gasteiger partial charge in [-0.3, -0.25) is 0 Å². The molecule has 0 aliphatic carbocycles. The average molecular weight is 910 g/mol. The number of benzene rings is 4. The molecule has 0 unspecified atom stereocenters. The second-order valence-corrected chi connectivity index (χ2v) is 13.5. The summed E-state index contributed by atoms with van der Waals surface area (Å²) in [6, 6.07) is 22.0. The fourth-order valence-electron chi connectivity index (χ4n) is 3.52. The quantitative estimate of drug-likeness (QED) is 0.155. The molecule has 4 aromatic carbocycles. The van der Waals surface area contributed by atoms with Crippen LogP contribution in [0.25, 0.3) is 0 Å². The minimum absolute atomic E-state index is 0.349. The maximum atomic E-state index is 12.5. The highest BCUT2D eigenvalue weighted by Gasteiger charge is 2.12. The van der Waals surface area contributed by atoms with Gasteiger partial charge in [0.2, 0.25) is 0 Å². The Morgan fingerprint density at radius 1 is 0.487 bits per heavy atom. The van der Waals surface area contributed by atoms with E-state index in [1.807, 2.05) is 72.8 Å². The van der Waals surface area contributed by atoms with Crippen molar-refractivity contribution in [3.05, 3.63) is 111 Å². The van der Waals surface area contributed by atoms with Crippen molar-refractivity contribution in [3.8, 4) is 0 Å². The van der Waals surface area contributed by atoms with Gasteiger partial charge in [-0.2, -0.15) is 0 Å². The molecule has 0 bridgehead atoms. The number of halogens is 6. The highest BCUT2D eigenvalue weighted by molar-refractivity contribution is 9.12.